The van der Waals surface area contributed by atoms with Crippen molar-refractivity contribution in [3.63, 3.8) is 0 Å². The van der Waals surface area contributed by atoms with E-state index in [2.05, 4.69) is 16.0 Å². The summed E-state index contributed by atoms with van der Waals surface area (Å²) in [6.07, 6.45) is 4.45. The highest BCUT2D eigenvalue weighted by Gasteiger charge is 2.11. The van der Waals surface area contributed by atoms with Crippen LogP contribution in [-0.4, -0.2) is 31.1 Å². The largest absolute Gasteiger partial charge is 0.353 e. The lowest BCUT2D eigenvalue weighted by molar-refractivity contribution is -0.116. The van der Waals surface area contributed by atoms with Crippen LogP contribution in [0.25, 0.3) is 11.1 Å². The van der Waals surface area contributed by atoms with Crippen molar-refractivity contribution in [2.24, 2.45) is 5.73 Å². The molecule has 3 amide bonds. The topological polar surface area (TPSA) is 96.2 Å². The van der Waals surface area contributed by atoms with Gasteiger partial charge in [-0.15, -0.1) is 0 Å². The van der Waals surface area contributed by atoms with E-state index in [1.807, 2.05) is 84.9 Å². The van der Waals surface area contributed by atoms with Gasteiger partial charge in [0.2, 0.25) is 5.91 Å². The normalized spacial score (nSPS) is 11.7. The number of anilines is 1. The second kappa shape index (κ2) is 12.8. The summed E-state index contributed by atoms with van der Waals surface area (Å²) in [6, 6.07) is 26.9. The Bertz CT molecular complexity index is 1030. The third-order valence-electron chi connectivity index (χ3n) is 5.02. The third-order valence-corrected chi connectivity index (χ3v) is 5.02. The lowest BCUT2D eigenvalue weighted by atomic mass is 10.1. The van der Waals surface area contributed by atoms with Crippen LogP contribution in [0.1, 0.15) is 12.0 Å². The van der Waals surface area contributed by atoms with Gasteiger partial charge in [0, 0.05) is 18.3 Å². The van der Waals surface area contributed by atoms with Gasteiger partial charge in [-0.1, -0.05) is 78.9 Å². The van der Waals surface area contributed by atoms with E-state index in [1.54, 1.807) is 6.08 Å². The Kier molecular flexibility index (Phi) is 9.24. The highest BCUT2D eigenvalue weighted by atomic mass is 16.2. The van der Waals surface area contributed by atoms with Crippen molar-refractivity contribution in [1.82, 2.24) is 10.6 Å². The maximum atomic E-state index is 12.7. The molecule has 0 fully saturated rings. The first-order valence-corrected chi connectivity index (χ1v) is 11.1. The first-order valence-electron chi connectivity index (χ1n) is 11.1. The van der Waals surface area contributed by atoms with Gasteiger partial charge >= 0.3 is 6.03 Å². The standard InChI is InChI=1S/C27H30N4O2/c28-18-7-19-29-26(32)17-16-25(20-21-8-3-1-4-9-21)31-27(33)30-24-14-12-23(13-15-24)22-10-5-2-6-11-22/h1-6,8-17,25H,7,18-20,28H2,(H,29,32)(H2,30,31,33)/b17-16+/t25-/m0/s1. The fourth-order valence-corrected chi connectivity index (χ4v) is 3.32. The maximum absolute atomic E-state index is 12.7. The molecule has 0 radical (unpaired) electrons. The monoisotopic (exact) mass is 442 g/mol. The number of nitrogens with one attached hydrogen (secondary N) is 3. The molecule has 33 heavy (non-hydrogen) atoms. The molecule has 3 rings (SSSR count). The molecule has 0 spiro atoms. The van der Waals surface area contributed by atoms with Crippen molar-refractivity contribution in [2.45, 2.75) is 18.9 Å². The molecule has 0 saturated carbocycles. The minimum Gasteiger partial charge on any atom is -0.353 e. The summed E-state index contributed by atoms with van der Waals surface area (Å²) in [5, 5.41) is 8.59. The molecule has 170 valence electrons. The van der Waals surface area contributed by atoms with Gasteiger partial charge in [-0.2, -0.15) is 0 Å². The quantitative estimate of drug-likeness (QED) is 0.281. The fourth-order valence-electron chi connectivity index (χ4n) is 3.32. The molecule has 5 N–H and O–H groups in total. The van der Waals surface area contributed by atoms with Crippen molar-refractivity contribution in [2.75, 3.05) is 18.4 Å². The zero-order valence-electron chi connectivity index (χ0n) is 18.5. The number of carbonyl (C=O) groups excluding carboxylic acids is 2. The maximum Gasteiger partial charge on any atom is 0.319 e. The molecule has 1 atom stereocenters. The smallest absolute Gasteiger partial charge is 0.319 e. The fraction of sp³-hybridized carbons (Fsp3) is 0.185. The predicted molar refractivity (Wildman–Crippen MR) is 134 cm³/mol. The summed E-state index contributed by atoms with van der Waals surface area (Å²) < 4.78 is 0. The highest BCUT2D eigenvalue weighted by Crippen LogP contribution is 2.21. The van der Waals surface area contributed by atoms with Crippen molar-refractivity contribution in [3.8, 4) is 11.1 Å². The number of rotatable bonds is 10. The average Bonchev–Trinajstić information content (AvgIpc) is 2.84. The van der Waals surface area contributed by atoms with Crippen LogP contribution in [0, 0.1) is 0 Å². The number of carbonyl (C=O) groups is 2. The van der Waals surface area contributed by atoms with E-state index in [-0.39, 0.29) is 18.0 Å². The first-order chi connectivity index (χ1) is 16.1. The first kappa shape index (κ1) is 23.8. The number of urea groups is 1. The van der Waals surface area contributed by atoms with Crippen LogP contribution < -0.4 is 21.7 Å². The van der Waals surface area contributed by atoms with Gasteiger partial charge in [-0.3, -0.25) is 4.79 Å². The minimum atomic E-state index is -0.351. The van der Waals surface area contributed by atoms with Gasteiger partial charge in [0.25, 0.3) is 0 Å². The Hall–Kier alpha value is -3.90. The zero-order valence-corrected chi connectivity index (χ0v) is 18.5. The second-order valence-corrected chi connectivity index (χ2v) is 7.63. The molecule has 0 bridgehead atoms. The van der Waals surface area contributed by atoms with Crippen LogP contribution in [0.15, 0.2) is 97.1 Å². The molecule has 6 heteroatoms. The van der Waals surface area contributed by atoms with E-state index >= 15 is 0 Å². The van der Waals surface area contributed by atoms with E-state index in [0.29, 0.717) is 25.2 Å². The third kappa shape index (κ3) is 8.27. The Balaban J connectivity index is 1.61. The number of amides is 3. The number of nitrogens with two attached hydrogens (primary N) is 1. The van der Waals surface area contributed by atoms with E-state index < -0.39 is 0 Å². The number of hydrogen-bond acceptors (Lipinski definition) is 3. The van der Waals surface area contributed by atoms with Crippen molar-refractivity contribution >= 4 is 17.6 Å². The summed E-state index contributed by atoms with van der Waals surface area (Å²) in [5.41, 5.74) is 9.40. The molecule has 0 unspecified atom stereocenters. The molecule has 0 saturated heterocycles. The van der Waals surface area contributed by atoms with Crippen LogP contribution in [0.3, 0.4) is 0 Å². The summed E-state index contributed by atoms with van der Waals surface area (Å²) in [6.45, 7) is 1.05. The second-order valence-electron chi connectivity index (χ2n) is 7.63. The van der Waals surface area contributed by atoms with Crippen molar-refractivity contribution < 1.29 is 9.59 Å². The lowest BCUT2D eigenvalue weighted by Gasteiger charge is -2.16. The molecule has 3 aromatic rings. The van der Waals surface area contributed by atoms with Crippen molar-refractivity contribution in [1.29, 1.82) is 0 Å². The molecule has 0 aliphatic heterocycles. The van der Waals surface area contributed by atoms with Crippen LogP contribution in [-0.2, 0) is 11.2 Å². The zero-order chi connectivity index (χ0) is 23.3. The molecule has 0 heterocycles. The van der Waals surface area contributed by atoms with Crippen LogP contribution in [0.2, 0.25) is 0 Å². The van der Waals surface area contributed by atoms with E-state index in [4.69, 9.17) is 5.73 Å². The van der Waals surface area contributed by atoms with Gasteiger partial charge in [0.15, 0.2) is 0 Å². The van der Waals surface area contributed by atoms with E-state index in [0.717, 1.165) is 23.1 Å². The van der Waals surface area contributed by atoms with Crippen LogP contribution >= 0.6 is 0 Å². The highest BCUT2D eigenvalue weighted by molar-refractivity contribution is 5.90. The van der Waals surface area contributed by atoms with Gasteiger partial charge in [-0.05, 0) is 48.2 Å². The molecule has 0 aliphatic carbocycles. The van der Waals surface area contributed by atoms with Gasteiger partial charge < -0.3 is 21.7 Å². The summed E-state index contributed by atoms with van der Waals surface area (Å²) >= 11 is 0. The van der Waals surface area contributed by atoms with E-state index in [9.17, 15) is 9.59 Å². The van der Waals surface area contributed by atoms with Gasteiger partial charge in [-0.25, -0.2) is 4.79 Å². The predicted octanol–water partition coefficient (Wildman–Crippen LogP) is 4.11. The lowest BCUT2D eigenvalue weighted by Crippen LogP contribution is -2.38. The van der Waals surface area contributed by atoms with Crippen LogP contribution in [0.5, 0.6) is 0 Å². The Morgan fingerprint density at radius 2 is 1.48 bits per heavy atom. The minimum absolute atomic E-state index is 0.208. The summed E-state index contributed by atoms with van der Waals surface area (Å²) in [4.78, 5) is 24.7. The number of hydrogen-bond donors (Lipinski definition) is 4. The summed E-state index contributed by atoms with van der Waals surface area (Å²) in [7, 11) is 0. The van der Waals surface area contributed by atoms with E-state index in [1.165, 1.54) is 6.08 Å². The van der Waals surface area contributed by atoms with Crippen molar-refractivity contribution in [3.05, 3.63) is 103 Å². The molecular formula is C27H30N4O2. The van der Waals surface area contributed by atoms with Gasteiger partial charge in [0.05, 0.1) is 6.04 Å². The average molecular weight is 443 g/mol. The molecule has 0 aliphatic rings. The summed E-state index contributed by atoms with van der Waals surface area (Å²) in [5.74, 6) is -0.208. The molecule has 3 aromatic carbocycles. The molecule has 0 aromatic heterocycles. The van der Waals surface area contributed by atoms with Gasteiger partial charge in [0.1, 0.15) is 0 Å². The Labute approximate surface area is 194 Å². The Morgan fingerprint density at radius 1 is 0.848 bits per heavy atom. The Morgan fingerprint density at radius 3 is 2.15 bits per heavy atom. The SMILES string of the molecule is NCCCNC(=O)/C=C/[C@@H](Cc1ccccc1)NC(=O)Nc1ccc(-c2ccccc2)cc1. The molecule has 6 nitrogen and oxygen atoms in total. The van der Waals surface area contributed by atoms with Crippen LogP contribution in [0.4, 0.5) is 10.5 Å². The molecular weight excluding hydrogens is 412 g/mol. The number of benzene rings is 3.